The van der Waals surface area contributed by atoms with Gasteiger partial charge in [0.05, 0.1) is 0 Å². The largest absolute Gasteiger partial charge is 0.384 e. The maximum atomic E-state index is 12.5. The van der Waals surface area contributed by atoms with Gasteiger partial charge in [-0.15, -0.1) is 0 Å². The van der Waals surface area contributed by atoms with Crippen LogP contribution >= 0.6 is 0 Å². The van der Waals surface area contributed by atoms with Crippen molar-refractivity contribution in [2.75, 3.05) is 10.6 Å². The van der Waals surface area contributed by atoms with E-state index in [0.717, 1.165) is 0 Å². The number of nitrogens with two attached hydrogens (primary N) is 2. The highest BCUT2D eigenvalue weighted by Crippen LogP contribution is 2.15. The van der Waals surface area contributed by atoms with E-state index >= 15 is 0 Å². The molecule has 0 heterocycles. The van der Waals surface area contributed by atoms with Crippen molar-refractivity contribution in [3.63, 3.8) is 0 Å². The normalized spacial score (nSPS) is 10.1. The van der Waals surface area contributed by atoms with Crippen LogP contribution in [0.2, 0.25) is 0 Å². The highest BCUT2D eigenvalue weighted by atomic mass is 16.2. The fraction of sp³-hybridized carbons (Fsp3) is 0. The molecule has 0 aliphatic heterocycles. The number of anilines is 2. The Kier molecular flexibility index (Phi) is 5.88. The van der Waals surface area contributed by atoms with Crippen molar-refractivity contribution in [3.05, 3.63) is 95.1 Å². The predicted octanol–water partition coefficient (Wildman–Crippen LogP) is 2.76. The number of amides is 2. The number of carbonyl (C=O) groups is 2. The van der Waals surface area contributed by atoms with Crippen molar-refractivity contribution < 1.29 is 9.59 Å². The molecule has 0 fully saturated rings. The highest BCUT2D eigenvalue weighted by molar-refractivity contribution is 6.09. The van der Waals surface area contributed by atoms with Crippen LogP contribution in [0.4, 0.5) is 11.4 Å². The monoisotopic (exact) mass is 400 g/mol. The van der Waals surface area contributed by atoms with Crippen LogP contribution in [-0.2, 0) is 0 Å². The maximum absolute atomic E-state index is 12.5. The Morgan fingerprint density at radius 3 is 1.30 bits per heavy atom. The van der Waals surface area contributed by atoms with Crippen LogP contribution in [0.1, 0.15) is 31.8 Å². The van der Waals surface area contributed by atoms with Gasteiger partial charge in [0.1, 0.15) is 11.7 Å². The summed E-state index contributed by atoms with van der Waals surface area (Å²) in [7, 11) is 0. The minimum atomic E-state index is -0.369. The van der Waals surface area contributed by atoms with Crippen LogP contribution in [0.5, 0.6) is 0 Å². The summed E-state index contributed by atoms with van der Waals surface area (Å²) in [6, 6.07) is 19.5. The van der Waals surface area contributed by atoms with E-state index in [1.807, 2.05) is 0 Å². The zero-order valence-electron chi connectivity index (χ0n) is 15.9. The fourth-order valence-corrected chi connectivity index (χ4v) is 2.67. The van der Waals surface area contributed by atoms with Gasteiger partial charge in [-0.25, -0.2) is 0 Å². The standard InChI is InChI=1S/C22H20N6O2/c23-19(24)13-4-8-17(9-5-13)27-21(29)15-2-1-3-16(12-15)22(30)28-18-10-6-14(7-11-18)20(25)26/h1-12H,(H3,23,24)(H3,25,26)(H,27,29)(H,28,30). The van der Waals surface area contributed by atoms with Crippen molar-refractivity contribution in [1.29, 1.82) is 10.8 Å². The first kappa shape index (κ1) is 20.3. The van der Waals surface area contributed by atoms with Crippen molar-refractivity contribution in [3.8, 4) is 0 Å². The minimum Gasteiger partial charge on any atom is -0.384 e. The molecular weight excluding hydrogens is 380 g/mol. The van der Waals surface area contributed by atoms with Crippen molar-refractivity contribution in [1.82, 2.24) is 0 Å². The van der Waals surface area contributed by atoms with Gasteiger partial charge in [-0.1, -0.05) is 6.07 Å². The van der Waals surface area contributed by atoms with Crippen LogP contribution in [0.25, 0.3) is 0 Å². The molecule has 3 aromatic rings. The molecular formula is C22H20N6O2. The molecule has 3 rings (SSSR count). The summed E-state index contributed by atoms with van der Waals surface area (Å²) in [5.74, 6) is -0.845. The number of hydrogen-bond acceptors (Lipinski definition) is 4. The Hall–Kier alpha value is -4.46. The van der Waals surface area contributed by atoms with Gasteiger partial charge in [-0.3, -0.25) is 20.4 Å². The van der Waals surface area contributed by atoms with Crippen molar-refractivity contribution in [2.45, 2.75) is 0 Å². The van der Waals surface area contributed by atoms with Crippen LogP contribution in [-0.4, -0.2) is 23.5 Å². The zero-order valence-corrected chi connectivity index (χ0v) is 15.9. The summed E-state index contributed by atoms with van der Waals surface area (Å²) in [5, 5.41) is 20.3. The van der Waals surface area contributed by atoms with E-state index in [1.165, 1.54) is 6.07 Å². The molecule has 0 unspecified atom stereocenters. The molecule has 8 nitrogen and oxygen atoms in total. The van der Waals surface area contributed by atoms with Gasteiger partial charge < -0.3 is 22.1 Å². The third-order valence-corrected chi connectivity index (χ3v) is 4.29. The summed E-state index contributed by atoms with van der Waals surface area (Å²) in [6.45, 7) is 0. The van der Waals surface area contributed by atoms with Gasteiger partial charge in [-0.2, -0.15) is 0 Å². The third-order valence-electron chi connectivity index (χ3n) is 4.29. The molecule has 8 heteroatoms. The number of amidine groups is 2. The summed E-state index contributed by atoms with van der Waals surface area (Å²) < 4.78 is 0. The average molecular weight is 400 g/mol. The SMILES string of the molecule is N=C(N)c1ccc(NC(=O)c2cccc(C(=O)Nc3ccc(C(=N)N)cc3)c2)cc1. The van der Waals surface area contributed by atoms with E-state index in [2.05, 4.69) is 10.6 Å². The van der Waals surface area contributed by atoms with Gasteiger partial charge in [0.2, 0.25) is 0 Å². The van der Waals surface area contributed by atoms with Crippen LogP contribution in [0.3, 0.4) is 0 Å². The number of nitrogen functional groups attached to an aromatic ring is 2. The van der Waals surface area contributed by atoms with Crippen molar-refractivity contribution >= 4 is 34.9 Å². The van der Waals surface area contributed by atoms with Gasteiger partial charge >= 0.3 is 0 Å². The van der Waals surface area contributed by atoms with E-state index in [9.17, 15) is 9.59 Å². The Balaban J connectivity index is 1.69. The Morgan fingerprint density at radius 2 is 0.967 bits per heavy atom. The molecule has 0 atom stereocenters. The molecule has 2 amide bonds. The molecule has 3 aromatic carbocycles. The van der Waals surface area contributed by atoms with Crippen LogP contribution < -0.4 is 22.1 Å². The fourth-order valence-electron chi connectivity index (χ4n) is 2.67. The number of rotatable bonds is 6. The van der Waals surface area contributed by atoms with E-state index in [1.54, 1.807) is 66.7 Å². The molecule has 0 radical (unpaired) electrons. The van der Waals surface area contributed by atoms with Gasteiger partial charge in [0, 0.05) is 33.6 Å². The topological polar surface area (TPSA) is 158 Å². The number of carbonyl (C=O) groups excluding carboxylic acids is 2. The lowest BCUT2D eigenvalue weighted by Crippen LogP contribution is -2.16. The second-order valence-corrected chi connectivity index (χ2v) is 6.47. The Bertz CT molecular complexity index is 1030. The summed E-state index contributed by atoms with van der Waals surface area (Å²) >= 11 is 0. The number of benzene rings is 3. The third kappa shape index (κ3) is 4.87. The summed E-state index contributed by atoms with van der Waals surface area (Å²) in [5.41, 5.74) is 13.7. The molecule has 150 valence electrons. The van der Waals surface area contributed by atoms with Crippen LogP contribution in [0, 0.1) is 10.8 Å². The average Bonchev–Trinajstić information content (AvgIpc) is 2.74. The van der Waals surface area contributed by atoms with E-state index in [-0.39, 0.29) is 23.5 Å². The molecule has 0 bridgehead atoms. The van der Waals surface area contributed by atoms with Gasteiger partial charge in [0.25, 0.3) is 11.8 Å². The summed E-state index contributed by atoms with van der Waals surface area (Å²) in [6.07, 6.45) is 0. The maximum Gasteiger partial charge on any atom is 0.255 e. The molecule has 0 aromatic heterocycles. The minimum absolute atomic E-state index is 0.0532. The van der Waals surface area contributed by atoms with Crippen molar-refractivity contribution in [2.24, 2.45) is 11.5 Å². The van der Waals surface area contributed by atoms with Crippen LogP contribution in [0.15, 0.2) is 72.8 Å². The second-order valence-electron chi connectivity index (χ2n) is 6.47. The van der Waals surface area contributed by atoms with E-state index < -0.39 is 0 Å². The molecule has 0 aliphatic carbocycles. The molecule has 0 saturated heterocycles. The predicted molar refractivity (Wildman–Crippen MR) is 117 cm³/mol. The molecule has 0 aliphatic rings. The second kappa shape index (κ2) is 8.70. The van der Waals surface area contributed by atoms with Gasteiger partial charge in [0.15, 0.2) is 0 Å². The smallest absolute Gasteiger partial charge is 0.255 e. The Morgan fingerprint density at radius 1 is 0.600 bits per heavy atom. The highest BCUT2D eigenvalue weighted by Gasteiger charge is 2.12. The lowest BCUT2D eigenvalue weighted by Gasteiger charge is -2.09. The molecule has 30 heavy (non-hydrogen) atoms. The zero-order chi connectivity index (χ0) is 21.7. The number of nitrogens with one attached hydrogen (secondary N) is 4. The first-order chi connectivity index (χ1) is 14.3. The van der Waals surface area contributed by atoms with Gasteiger partial charge in [-0.05, 0) is 66.7 Å². The van der Waals surface area contributed by atoms with E-state index in [4.69, 9.17) is 22.3 Å². The molecule has 0 saturated carbocycles. The quantitative estimate of drug-likeness (QED) is 0.278. The molecule has 0 spiro atoms. The molecule has 8 N–H and O–H groups in total. The van der Waals surface area contributed by atoms with E-state index in [0.29, 0.717) is 33.6 Å². The first-order valence-corrected chi connectivity index (χ1v) is 8.95. The number of hydrogen-bond donors (Lipinski definition) is 6. The summed E-state index contributed by atoms with van der Waals surface area (Å²) in [4.78, 5) is 25.1. The first-order valence-electron chi connectivity index (χ1n) is 8.95. The lowest BCUT2D eigenvalue weighted by atomic mass is 10.1. The Labute approximate surface area is 172 Å². The lowest BCUT2D eigenvalue weighted by molar-refractivity contribution is 0.102.